The van der Waals surface area contributed by atoms with Crippen LogP contribution in [0.2, 0.25) is 0 Å². The molecule has 18 heavy (non-hydrogen) atoms. The summed E-state index contributed by atoms with van der Waals surface area (Å²) in [5.41, 5.74) is 0.768. The van der Waals surface area contributed by atoms with Gasteiger partial charge in [0.15, 0.2) is 0 Å². The van der Waals surface area contributed by atoms with Crippen molar-refractivity contribution in [2.75, 3.05) is 33.3 Å². The Morgan fingerprint density at radius 2 is 1.94 bits per heavy atom. The third-order valence-electron chi connectivity index (χ3n) is 2.63. The van der Waals surface area contributed by atoms with E-state index in [2.05, 4.69) is 5.32 Å². The topological polar surface area (TPSA) is 64.6 Å². The SMILES string of the molecule is CNC(CS(C)(=O)=O)c1cc(OC)ccc1OC. The van der Waals surface area contributed by atoms with E-state index in [9.17, 15) is 8.42 Å². The van der Waals surface area contributed by atoms with E-state index in [1.54, 1.807) is 39.5 Å². The van der Waals surface area contributed by atoms with Crippen LogP contribution >= 0.6 is 0 Å². The van der Waals surface area contributed by atoms with Gasteiger partial charge in [0, 0.05) is 17.9 Å². The second-order valence-corrected chi connectivity index (χ2v) is 6.23. The molecule has 1 aromatic carbocycles. The fourth-order valence-corrected chi connectivity index (χ4v) is 2.69. The molecule has 1 rings (SSSR count). The molecule has 0 saturated heterocycles. The first kappa shape index (κ1) is 14.8. The van der Waals surface area contributed by atoms with E-state index in [0.717, 1.165) is 5.56 Å². The van der Waals surface area contributed by atoms with Gasteiger partial charge in [0.05, 0.1) is 20.0 Å². The summed E-state index contributed by atoms with van der Waals surface area (Å²) in [4.78, 5) is 0. The zero-order chi connectivity index (χ0) is 13.8. The molecular formula is C12H19NO4S. The van der Waals surface area contributed by atoms with Gasteiger partial charge in [0.1, 0.15) is 21.3 Å². The van der Waals surface area contributed by atoms with E-state index in [1.807, 2.05) is 0 Å². The number of hydrogen-bond acceptors (Lipinski definition) is 5. The van der Waals surface area contributed by atoms with Crippen molar-refractivity contribution in [3.63, 3.8) is 0 Å². The van der Waals surface area contributed by atoms with Crippen LogP contribution in [-0.4, -0.2) is 41.7 Å². The fourth-order valence-electron chi connectivity index (χ4n) is 1.74. The third-order valence-corrected chi connectivity index (χ3v) is 3.57. The number of rotatable bonds is 6. The molecule has 0 amide bonds. The van der Waals surface area contributed by atoms with Gasteiger partial charge in [-0.05, 0) is 25.2 Å². The second kappa shape index (κ2) is 6.06. The first-order valence-corrected chi connectivity index (χ1v) is 7.54. The fraction of sp³-hybridized carbons (Fsp3) is 0.500. The highest BCUT2D eigenvalue weighted by Gasteiger charge is 2.20. The molecule has 0 aliphatic rings. The Hall–Kier alpha value is -1.27. The number of sulfone groups is 1. The van der Waals surface area contributed by atoms with Gasteiger partial charge in [0.2, 0.25) is 0 Å². The normalized spacial score (nSPS) is 13.1. The van der Waals surface area contributed by atoms with E-state index in [4.69, 9.17) is 9.47 Å². The molecule has 0 fully saturated rings. The lowest BCUT2D eigenvalue weighted by Crippen LogP contribution is -2.25. The molecular weight excluding hydrogens is 254 g/mol. The van der Waals surface area contributed by atoms with Gasteiger partial charge in [-0.15, -0.1) is 0 Å². The lowest BCUT2D eigenvalue weighted by Gasteiger charge is -2.19. The molecule has 0 aromatic heterocycles. The van der Waals surface area contributed by atoms with Crippen molar-refractivity contribution in [3.05, 3.63) is 23.8 Å². The summed E-state index contributed by atoms with van der Waals surface area (Å²) in [6, 6.07) is 4.99. The Morgan fingerprint density at radius 3 is 2.39 bits per heavy atom. The molecule has 0 saturated carbocycles. The Kier molecular flexibility index (Phi) is 4.98. The van der Waals surface area contributed by atoms with Gasteiger partial charge in [-0.1, -0.05) is 0 Å². The zero-order valence-electron chi connectivity index (χ0n) is 11.1. The molecule has 1 atom stereocenters. The van der Waals surface area contributed by atoms with Crippen LogP contribution in [0.25, 0.3) is 0 Å². The minimum atomic E-state index is -3.09. The van der Waals surface area contributed by atoms with Crippen LogP contribution in [-0.2, 0) is 9.84 Å². The molecule has 0 bridgehead atoms. The average Bonchev–Trinajstić information content (AvgIpc) is 2.34. The minimum Gasteiger partial charge on any atom is -0.497 e. The van der Waals surface area contributed by atoms with Gasteiger partial charge in [-0.25, -0.2) is 8.42 Å². The first-order chi connectivity index (χ1) is 8.41. The third kappa shape index (κ3) is 3.89. The molecule has 0 aliphatic carbocycles. The highest BCUT2D eigenvalue weighted by molar-refractivity contribution is 7.90. The second-order valence-electron chi connectivity index (χ2n) is 4.04. The maximum absolute atomic E-state index is 11.4. The van der Waals surface area contributed by atoms with Crippen molar-refractivity contribution < 1.29 is 17.9 Å². The molecule has 102 valence electrons. The van der Waals surface area contributed by atoms with E-state index in [0.29, 0.717) is 11.5 Å². The van der Waals surface area contributed by atoms with Crippen molar-refractivity contribution in [2.24, 2.45) is 0 Å². The molecule has 0 heterocycles. The molecule has 1 unspecified atom stereocenters. The number of hydrogen-bond donors (Lipinski definition) is 1. The van der Waals surface area contributed by atoms with E-state index in [1.165, 1.54) is 6.26 Å². The first-order valence-electron chi connectivity index (χ1n) is 5.48. The van der Waals surface area contributed by atoms with Crippen LogP contribution in [0, 0.1) is 0 Å². The van der Waals surface area contributed by atoms with Crippen molar-refractivity contribution in [3.8, 4) is 11.5 Å². The molecule has 0 spiro atoms. The van der Waals surface area contributed by atoms with Gasteiger partial charge >= 0.3 is 0 Å². The molecule has 0 aliphatic heterocycles. The largest absolute Gasteiger partial charge is 0.497 e. The van der Waals surface area contributed by atoms with Gasteiger partial charge in [0.25, 0.3) is 0 Å². The van der Waals surface area contributed by atoms with E-state index < -0.39 is 9.84 Å². The summed E-state index contributed by atoms with van der Waals surface area (Å²) in [6.45, 7) is 0. The molecule has 0 radical (unpaired) electrons. The number of benzene rings is 1. The van der Waals surface area contributed by atoms with Crippen molar-refractivity contribution in [1.82, 2.24) is 5.32 Å². The van der Waals surface area contributed by atoms with Crippen molar-refractivity contribution in [1.29, 1.82) is 0 Å². The minimum absolute atomic E-state index is 0.00697. The van der Waals surface area contributed by atoms with Crippen LogP contribution in [0.15, 0.2) is 18.2 Å². The van der Waals surface area contributed by atoms with Crippen molar-refractivity contribution >= 4 is 9.84 Å². The molecule has 6 heteroatoms. The summed E-state index contributed by atoms with van der Waals surface area (Å²) in [6.07, 6.45) is 1.21. The Bertz CT molecular complexity index is 499. The summed E-state index contributed by atoms with van der Waals surface area (Å²) in [7, 11) is 1.75. The van der Waals surface area contributed by atoms with Gasteiger partial charge in [-0.2, -0.15) is 0 Å². The van der Waals surface area contributed by atoms with E-state index >= 15 is 0 Å². The summed E-state index contributed by atoms with van der Waals surface area (Å²) >= 11 is 0. The summed E-state index contributed by atoms with van der Waals surface area (Å²) in [5.74, 6) is 1.31. The highest BCUT2D eigenvalue weighted by Crippen LogP contribution is 2.29. The van der Waals surface area contributed by atoms with Crippen LogP contribution < -0.4 is 14.8 Å². The lowest BCUT2D eigenvalue weighted by molar-refractivity contribution is 0.393. The van der Waals surface area contributed by atoms with Crippen LogP contribution in [0.3, 0.4) is 0 Å². The number of methoxy groups -OCH3 is 2. The Morgan fingerprint density at radius 1 is 1.28 bits per heavy atom. The predicted molar refractivity (Wildman–Crippen MR) is 71.1 cm³/mol. The van der Waals surface area contributed by atoms with Gasteiger partial charge < -0.3 is 14.8 Å². The summed E-state index contributed by atoms with van der Waals surface area (Å²) in [5, 5.41) is 2.99. The average molecular weight is 273 g/mol. The lowest BCUT2D eigenvalue weighted by atomic mass is 10.1. The molecule has 1 aromatic rings. The van der Waals surface area contributed by atoms with Crippen LogP contribution in [0.1, 0.15) is 11.6 Å². The zero-order valence-corrected chi connectivity index (χ0v) is 11.9. The van der Waals surface area contributed by atoms with E-state index in [-0.39, 0.29) is 11.8 Å². The monoisotopic (exact) mass is 273 g/mol. The Balaban J connectivity index is 3.17. The molecule has 1 N–H and O–H groups in total. The van der Waals surface area contributed by atoms with Crippen LogP contribution in [0.4, 0.5) is 0 Å². The number of nitrogens with one attached hydrogen (secondary N) is 1. The molecule has 5 nitrogen and oxygen atoms in total. The summed E-state index contributed by atoms with van der Waals surface area (Å²) < 4.78 is 33.2. The van der Waals surface area contributed by atoms with Crippen LogP contribution in [0.5, 0.6) is 11.5 Å². The Labute approximate surface area is 108 Å². The maximum Gasteiger partial charge on any atom is 0.149 e. The standard InChI is InChI=1S/C12H19NO4S/c1-13-11(8-18(4,14)15)10-7-9(16-2)5-6-12(10)17-3/h5-7,11,13H,8H2,1-4H3. The highest BCUT2D eigenvalue weighted by atomic mass is 32.2. The smallest absolute Gasteiger partial charge is 0.149 e. The van der Waals surface area contributed by atoms with Gasteiger partial charge in [-0.3, -0.25) is 0 Å². The van der Waals surface area contributed by atoms with Crippen molar-refractivity contribution in [2.45, 2.75) is 6.04 Å². The quantitative estimate of drug-likeness (QED) is 0.838. The predicted octanol–water partition coefficient (Wildman–Crippen LogP) is 1.01. The number of ether oxygens (including phenoxy) is 2. The maximum atomic E-state index is 11.4.